The van der Waals surface area contributed by atoms with E-state index in [0.717, 1.165) is 6.42 Å². The number of hydrogen-bond acceptors (Lipinski definition) is 3. The molecule has 0 aliphatic carbocycles. The molecule has 0 aromatic heterocycles. The predicted octanol–water partition coefficient (Wildman–Crippen LogP) is 2.10. The molecule has 0 heterocycles. The molecule has 0 saturated carbocycles. The van der Waals surface area contributed by atoms with E-state index in [2.05, 4.69) is 0 Å². The lowest BCUT2D eigenvalue weighted by molar-refractivity contribution is -0.136. The molecule has 17 heavy (non-hydrogen) atoms. The molecule has 1 unspecified atom stereocenters. The summed E-state index contributed by atoms with van der Waals surface area (Å²) in [6.45, 7) is 1.90. The first-order valence-corrected chi connectivity index (χ1v) is 7.06. The minimum Gasteiger partial charge on any atom is -0.480 e. The molecule has 1 N–H and O–H groups in total. The van der Waals surface area contributed by atoms with Crippen molar-refractivity contribution in [3.8, 4) is 0 Å². The summed E-state index contributed by atoms with van der Waals surface area (Å²) < 4.78 is 24.2. The second-order valence-corrected chi connectivity index (χ2v) is 5.96. The number of hydrogen-bond donors (Lipinski definition) is 1. The van der Waals surface area contributed by atoms with E-state index in [1.165, 1.54) is 12.1 Å². The molecule has 5 heteroatoms. The summed E-state index contributed by atoms with van der Waals surface area (Å²) in [5, 5.41) is 7.67. The van der Waals surface area contributed by atoms with Crippen molar-refractivity contribution in [2.45, 2.75) is 36.3 Å². The third kappa shape index (κ3) is 3.30. The van der Waals surface area contributed by atoms with Crippen LogP contribution in [0.15, 0.2) is 35.2 Å². The van der Waals surface area contributed by atoms with E-state index >= 15 is 0 Å². The zero-order valence-corrected chi connectivity index (χ0v) is 10.5. The Labute approximate surface area is 101 Å². The van der Waals surface area contributed by atoms with Crippen LogP contribution in [0.1, 0.15) is 26.2 Å². The summed E-state index contributed by atoms with van der Waals surface area (Å²) in [6.07, 6.45) is 1.51. The largest absolute Gasteiger partial charge is 0.480 e. The Morgan fingerprint density at radius 1 is 1.29 bits per heavy atom. The van der Waals surface area contributed by atoms with Crippen molar-refractivity contribution in [1.29, 1.82) is 0 Å². The average Bonchev–Trinajstić information content (AvgIpc) is 2.30. The van der Waals surface area contributed by atoms with Crippen molar-refractivity contribution >= 4 is 15.8 Å². The smallest absolute Gasteiger partial charge is 0.322 e. The minimum atomic E-state index is -3.77. The molecule has 1 aromatic rings. The van der Waals surface area contributed by atoms with Gasteiger partial charge in [0.25, 0.3) is 0 Å². The van der Waals surface area contributed by atoms with Crippen LogP contribution in [0.25, 0.3) is 0 Å². The maximum atomic E-state index is 12.1. The second-order valence-electron chi connectivity index (χ2n) is 3.83. The first kappa shape index (κ1) is 13.7. The van der Waals surface area contributed by atoms with Crippen LogP contribution in [0.4, 0.5) is 0 Å². The van der Waals surface area contributed by atoms with Gasteiger partial charge in [0, 0.05) is 0 Å². The summed E-state index contributed by atoms with van der Waals surface area (Å²) in [5.41, 5.74) is 0. The lowest BCUT2D eigenvalue weighted by Crippen LogP contribution is -2.30. The quantitative estimate of drug-likeness (QED) is 0.846. The van der Waals surface area contributed by atoms with E-state index in [1.54, 1.807) is 18.2 Å². The zero-order valence-electron chi connectivity index (χ0n) is 9.67. The molecular formula is C12H16O4S. The lowest BCUT2D eigenvalue weighted by Gasteiger charge is -2.12. The van der Waals surface area contributed by atoms with Crippen LogP contribution < -0.4 is 0 Å². The molecule has 0 fully saturated rings. The number of carbonyl (C=O) groups is 1. The van der Waals surface area contributed by atoms with Gasteiger partial charge in [-0.05, 0) is 18.6 Å². The first-order chi connectivity index (χ1) is 8.00. The minimum absolute atomic E-state index is 0.0727. The van der Waals surface area contributed by atoms with Crippen LogP contribution in [0.3, 0.4) is 0 Å². The summed E-state index contributed by atoms with van der Waals surface area (Å²) in [7, 11) is -3.77. The fourth-order valence-corrected chi connectivity index (χ4v) is 3.18. The van der Waals surface area contributed by atoms with Crippen LogP contribution in [-0.4, -0.2) is 24.7 Å². The van der Waals surface area contributed by atoms with E-state index in [-0.39, 0.29) is 11.3 Å². The highest BCUT2D eigenvalue weighted by molar-refractivity contribution is 7.92. The number of benzene rings is 1. The van der Waals surface area contributed by atoms with E-state index < -0.39 is 21.1 Å². The van der Waals surface area contributed by atoms with Gasteiger partial charge in [-0.15, -0.1) is 0 Å². The standard InChI is InChI=1S/C12H16O4S/c1-2-3-9-11(12(13)14)17(15,16)10-7-5-4-6-8-10/h4-8,11H,2-3,9H2,1H3,(H,13,14). The van der Waals surface area contributed by atoms with E-state index in [0.29, 0.717) is 6.42 Å². The monoisotopic (exact) mass is 256 g/mol. The summed E-state index contributed by atoms with van der Waals surface area (Å²) in [5.74, 6) is -1.28. The maximum absolute atomic E-state index is 12.1. The van der Waals surface area contributed by atoms with Crippen LogP contribution in [0, 0.1) is 0 Å². The molecule has 1 atom stereocenters. The van der Waals surface area contributed by atoms with Crippen LogP contribution in [0.5, 0.6) is 0 Å². The van der Waals surface area contributed by atoms with E-state index in [1.807, 2.05) is 6.92 Å². The van der Waals surface area contributed by atoms with Gasteiger partial charge >= 0.3 is 5.97 Å². The van der Waals surface area contributed by atoms with Gasteiger partial charge in [0.1, 0.15) is 0 Å². The average molecular weight is 256 g/mol. The molecule has 0 aliphatic rings. The van der Waals surface area contributed by atoms with Crippen LogP contribution >= 0.6 is 0 Å². The van der Waals surface area contributed by atoms with Crippen molar-refractivity contribution in [2.75, 3.05) is 0 Å². The van der Waals surface area contributed by atoms with Crippen molar-refractivity contribution in [1.82, 2.24) is 0 Å². The van der Waals surface area contributed by atoms with Crippen molar-refractivity contribution in [2.24, 2.45) is 0 Å². The molecule has 0 amide bonds. The highest BCUT2D eigenvalue weighted by Gasteiger charge is 2.32. The Morgan fingerprint density at radius 3 is 2.35 bits per heavy atom. The fraction of sp³-hybridized carbons (Fsp3) is 0.417. The highest BCUT2D eigenvalue weighted by atomic mass is 32.2. The molecule has 0 spiro atoms. The van der Waals surface area contributed by atoms with Crippen LogP contribution in [-0.2, 0) is 14.6 Å². The number of carboxylic acids is 1. The summed E-state index contributed by atoms with van der Waals surface area (Å²) in [6, 6.07) is 7.73. The molecule has 0 saturated heterocycles. The fourth-order valence-electron chi connectivity index (χ4n) is 1.58. The molecule has 94 valence electrons. The third-order valence-electron chi connectivity index (χ3n) is 2.54. The Morgan fingerprint density at radius 2 is 1.88 bits per heavy atom. The molecule has 1 aromatic carbocycles. The van der Waals surface area contributed by atoms with Crippen molar-refractivity contribution in [3.05, 3.63) is 30.3 Å². The van der Waals surface area contributed by atoms with Crippen molar-refractivity contribution < 1.29 is 18.3 Å². The first-order valence-electron chi connectivity index (χ1n) is 5.52. The maximum Gasteiger partial charge on any atom is 0.322 e. The molecule has 0 radical (unpaired) electrons. The van der Waals surface area contributed by atoms with E-state index in [4.69, 9.17) is 5.11 Å². The molecule has 4 nitrogen and oxygen atoms in total. The van der Waals surface area contributed by atoms with Gasteiger partial charge in [-0.25, -0.2) is 8.42 Å². The molecule has 0 bridgehead atoms. The van der Waals surface area contributed by atoms with Gasteiger partial charge in [-0.1, -0.05) is 38.0 Å². The topological polar surface area (TPSA) is 71.4 Å². The Balaban J connectivity index is 3.05. The number of sulfone groups is 1. The van der Waals surface area contributed by atoms with Gasteiger partial charge in [0.2, 0.25) is 0 Å². The highest BCUT2D eigenvalue weighted by Crippen LogP contribution is 2.20. The van der Waals surface area contributed by atoms with Gasteiger partial charge in [-0.2, -0.15) is 0 Å². The van der Waals surface area contributed by atoms with Gasteiger partial charge in [0.15, 0.2) is 15.1 Å². The predicted molar refractivity (Wildman–Crippen MR) is 64.6 cm³/mol. The Kier molecular flexibility index (Phi) is 4.69. The SMILES string of the molecule is CCCCC(C(=O)O)S(=O)(=O)c1ccccc1. The molecule has 1 rings (SSSR count). The molecular weight excluding hydrogens is 240 g/mol. The second kappa shape index (κ2) is 5.82. The van der Waals surface area contributed by atoms with Gasteiger partial charge in [0.05, 0.1) is 4.90 Å². The Hall–Kier alpha value is -1.36. The summed E-state index contributed by atoms with van der Waals surface area (Å²) >= 11 is 0. The van der Waals surface area contributed by atoms with Gasteiger partial charge in [-0.3, -0.25) is 4.79 Å². The lowest BCUT2D eigenvalue weighted by atomic mass is 10.2. The number of rotatable bonds is 6. The van der Waals surface area contributed by atoms with Gasteiger partial charge < -0.3 is 5.11 Å². The van der Waals surface area contributed by atoms with Crippen molar-refractivity contribution in [3.63, 3.8) is 0 Å². The summed E-state index contributed by atoms with van der Waals surface area (Å²) in [4.78, 5) is 11.1. The Bertz CT molecular complexity index is 465. The zero-order chi connectivity index (χ0) is 12.9. The third-order valence-corrected chi connectivity index (χ3v) is 4.66. The van der Waals surface area contributed by atoms with E-state index in [9.17, 15) is 13.2 Å². The number of unbranched alkanes of at least 4 members (excludes halogenated alkanes) is 1. The number of carboxylic acid groups (broad SMARTS) is 1. The molecule has 0 aliphatic heterocycles. The number of aliphatic carboxylic acids is 1. The normalized spacial score (nSPS) is 13.2. The van der Waals surface area contributed by atoms with Crippen LogP contribution in [0.2, 0.25) is 0 Å².